The number of carbonyl (C=O) groups is 1. The van der Waals surface area contributed by atoms with Gasteiger partial charge in [0.25, 0.3) is 5.91 Å². The van der Waals surface area contributed by atoms with E-state index in [0.717, 1.165) is 35.3 Å². The molecule has 0 atom stereocenters. The van der Waals surface area contributed by atoms with E-state index in [4.69, 9.17) is 0 Å². The lowest BCUT2D eigenvalue weighted by atomic mass is 10.1. The summed E-state index contributed by atoms with van der Waals surface area (Å²) in [5.74, 6) is 0.685. The summed E-state index contributed by atoms with van der Waals surface area (Å²) >= 11 is 0. The molecule has 0 aliphatic rings. The van der Waals surface area contributed by atoms with Gasteiger partial charge in [-0.1, -0.05) is 0 Å². The maximum absolute atomic E-state index is 12.6. The first-order valence-corrected chi connectivity index (χ1v) is 9.87. The van der Waals surface area contributed by atoms with E-state index in [0.29, 0.717) is 31.3 Å². The van der Waals surface area contributed by atoms with Crippen LogP contribution in [0.15, 0.2) is 67.1 Å². The number of rotatable bonds is 7. The van der Waals surface area contributed by atoms with Crippen molar-refractivity contribution in [3.05, 3.63) is 78.2 Å². The zero-order valence-electron chi connectivity index (χ0n) is 16.8. The first-order valence-electron chi connectivity index (χ1n) is 9.87. The van der Waals surface area contributed by atoms with Gasteiger partial charge in [0, 0.05) is 42.6 Å². The molecule has 0 fully saturated rings. The second-order valence-corrected chi connectivity index (χ2v) is 6.95. The maximum atomic E-state index is 12.6. The van der Waals surface area contributed by atoms with Crippen LogP contribution in [-0.4, -0.2) is 38.5 Å². The molecule has 0 spiro atoms. The van der Waals surface area contributed by atoms with Crippen molar-refractivity contribution in [1.29, 1.82) is 0 Å². The van der Waals surface area contributed by atoms with E-state index in [2.05, 4.69) is 25.6 Å². The molecule has 0 aliphatic carbocycles. The Morgan fingerprint density at radius 1 is 0.969 bits per heavy atom. The Bertz CT molecular complexity index is 1220. The quantitative estimate of drug-likeness (QED) is 0.424. The Morgan fingerprint density at radius 2 is 1.78 bits per heavy atom. The molecule has 3 aromatic heterocycles. The number of nitrogens with zero attached hydrogens (tertiary/aromatic N) is 4. The Labute approximate surface area is 181 Å². The number of pyridine rings is 1. The van der Waals surface area contributed by atoms with Crippen molar-refractivity contribution in [2.75, 3.05) is 18.4 Å². The molecule has 0 aliphatic heterocycles. The number of alkyl halides is 3. The van der Waals surface area contributed by atoms with Crippen molar-refractivity contribution in [2.24, 2.45) is 0 Å². The van der Waals surface area contributed by atoms with Gasteiger partial charge in [0.2, 0.25) is 5.95 Å². The Morgan fingerprint density at radius 3 is 2.56 bits per heavy atom. The van der Waals surface area contributed by atoms with E-state index in [1.165, 1.54) is 0 Å². The molecule has 164 valence electrons. The fourth-order valence-electron chi connectivity index (χ4n) is 3.12. The predicted molar refractivity (Wildman–Crippen MR) is 114 cm³/mol. The number of aromatic nitrogens is 4. The van der Waals surface area contributed by atoms with E-state index < -0.39 is 17.6 Å². The average Bonchev–Trinajstić information content (AvgIpc) is 3.23. The molecule has 10 heteroatoms. The average molecular weight is 440 g/mol. The van der Waals surface area contributed by atoms with Crippen LogP contribution in [0.1, 0.15) is 22.3 Å². The van der Waals surface area contributed by atoms with Gasteiger partial charge < -0.3 is 10.6 Å². The summed E-state index contributed by atoms with van der Waals surface area (Å²) in [7, 11) is 0. The van der Waals surface area contributed by atoms with Crippen molar-refractivity contribution in [3.8, 4) is 5.82 Å². The zero-order chi connectivity index (χ0) is 22.6. The molecule has 7 nitrogen and oxygen atoms in total. The summed E-state index contributed by atoms with van der Waals surface area (Å²) in [6.07, 6.45) is 1.41. The van der Waals surface area contributed by atoms with Crippen molar-refractivity contribution in [1.82, 2.24) is 24.8 Å². The monoisotopic (exact) mass is 440 g/mol. The number of amides is 1. The second-order valence-electron chi connectivity index (χ2n) is 6.95. The Hall–Kier alpha value is -3.95. The number of hydrogen-bond donors (Lipinski definition) is 2. The number of fused-ring (bicyclic) bond motifs is 1. The number of halogens is 3. The van der Waals surface area contributed by atoms with Crippen LogP contribution in [-0.2, 0) is 6.18 Å². The number of hydrogen-bond acceptors (Lipinski definition) is 5. The van der Waals surface area contributed by atoms with Crippen LogP contribution in [0.2, 0.25) is 0 Å². The van der Waals surface area contributed by atoms with Crippen molar-refractivity contribution < 1.29 is 18.0 Å². The molecule has 1 amide bonds. The Balaban J connectivity index is 1.27. The third kappa shape index (κ3) is 4.85. The highest BCUT2D eigenvalue weighted by molar-refractivity contribution is 5.94. The molecular weight excluding hydrogens is 421 g/mol. The summed E-state index contributed by atoms with van der Waals surface area (Å²) in [6.45, 7) is 0.847. The minimum atomic E-state index is -4.43. The van der Waals surface area contributed by atoms with E-state index in [9.17, 15) is 18.0 Å². The minimum absolute atomic E-state index is 0.176. The molecule has 0 saturated carbocycles. The standard InChI is InChI=1S/C22H19F3N6O/c23-22(24,25)17-6-4-16(5-7-17)20(32)27-11-2-12-28-21-29-13-8-18(30-21)31-14-9-15-3-1-10-26-19(15)31/h1,3-10,13-14H,2,11-12H2,(H,27,32)(H,28,29,30). The van der Waals surface area contributed by atoms with Crippen LogP contribution >= 0.6 is 0 Å². The van der Waals surface area contributed by atoms with Gasteiger partial charge >= 0.3 is 6.18 Å². The number of benzene rings is 1. The summed E-state index contributed by atoms with van der Waals surface area (Å²) in [4.78, 5) is 25.2. The molecule has 0 bridgehead atoms. The number of nitrogens with one attached hydrogen (secondary N) is 2. The van der Waals surface area contributed by atoms with Crippen molar-refractivity contribution >= 4 is 22.9 Å². The SMILES string of the molecule is O=C(NCCCNc1nccc(-n2ccc3cccnc32)n1)c1ccc(C(F)(F)F)cc1. The summed E-state index contributed by atoms with van der Waals surface area (Å²) in [5.41, 5.74) is 0.182. The van der Waals surface area contributed by atoms with Crippen LogP contribution in [0.25, 0.3) is 16.9 Å². The van der Waals surface area contributed by atoms with Gasteiger partial charge in [-0.3, -0.25) is 9.36 Å². The molecule has 1 aromatic carbocycles. The fraction of sp³-hybridized carbons (Fsp3) is 0.182. The third-order valence-electron chi connectivity index (χ3n) is 4.73. The number of anilines is 1. The highest BCUT2D eigenvalue weighted by atomic mass is 19.4. The maximum Gasteiger partial charge on any atom is 0.416 e. The molecule has 0 saturated heterocycles. The number of carbonyl (C=O) groups excluding carboxylic acids is 1. The summed E-state index contributed by atoms with van der Waals surface area (Å²) in [6, 6.07) is 11.7. The lowest BCUT2D eigenvalue weighted by molar-refractivity contribution is -0.137. The molecule has 4 rings (SSSR count). The van der Waals surface area contributed by atoms with Gasteiger partial charge in [-0.05, 0) is 55.0 Å². The van der Waals surface area contributed by atoms with Gasteiger partial charge in [-0.15, -0.1) is 0 Å². The predicted octanol–water partition coefficient (Wildman–Crippen LogP) is 4.07. The van der Waals surface area contributed by atoms with Crippen LogP contribution in [0.5, 0.6) is 0 Å². The van der Waals surface area contributed by atoms with Gasteiger partial charge in [-0.25, -0.2) is 9.97 Å². The van der Waals surface area contributed by atoms with E-state index >= 15 is 0 Å². The van der Waals surface area contributed by atoms with Crippen molar-refractivity contribution in [2.45, 2.75) is 12.6 Å². The van der Waals surface area contributed by atoms with E-state index in [1.807, 2.05) is 29.0 Å². The highest BCUT2D eigenvalue weighted by Crippen LogP contribution is 2.29. The molecule has 0 unspecified atom stereocenters. The highest BCUT2D eigenvalue weighted by Gasteiger charge is 2.30. The zero-order valence-corrected chi connectivity index (χ0v) is 16.8. The molecule has 0 radical (unpaired) electrons. The second kappa shape index (κ2) is 9.04. The van der Waals surface area contributed by atoms with Crippen LogP contribution in [0, 0.1) is 0 Å². The van der Waals surface area contributed by atoms with E-state index in [-0.39, 0.29) is 5.56 Å². The molecule has 32 heavy (non-hydrogen) atoms. The Kier molecular flexibility index (Phi) is 6.02. The van der Waals surface area contributed by atoms with Gasteiger partial charge in [-0.2, -0.15) is 18.2 Å². The first-order chi connectivity index (χ1) is 15.4. The van der Waals surface area contributed by atoms with E-state index in [1.54, 1.807) is 18.5 Å². The molecular formula is C22H19F3N6O. The van der Waals surface area contributed by atoms with Gasteiger partial charge in [0.05, 0.1) is 5.56 Å². The van der Waals surface area contributed by atoms with Crippen molar-refractivity contribution in [3.63, 3.8) is 0 Å². The lowest BCUT2D eigenvalue weighted by Crippen LogP contribution is -2.26. The van der Waals surface area contributed by atoms with Crippen LogP contribution in [0.4, 0.5) is 19.1 Å². The molecule has 4 aromatic rings. The molecule has 2 N–H and O–H groups in total. The third-order valence-corrected chi connectivity index (χ3v) is 4.73. The minimum Gasteiger partial charge on any atom is -0.354 e. The van der Waals surface area contributed by atoms with Crippen LogP contribution in [0.3, 0.4) is 0 Å². The van der Waals surface area contributed by atoms with Gasteiger partial charge in [0.1, 0.15) is 11.5 Å². The topological polar surface area (TPSA) is 84.7 Å². The summed E-state index contributed by atoms with van der Waals surface area (Å²) in [5, 5.41) is 6.79. The first kappa shape index (κ1) is 21.3. The fourth-order valence-corrected chi connectivity index (χ4v) is 3.12. The molecule has 3 heterocycles. The normalized spacial score (nSPS) is 11.5. The lowest BCUT2D eigenvalue weighted by Gasteiger charge is -2.09. The smallest absolute Gasteiger partial charge is 0.354 e. The van der Waals surface area contributed by atoms with Crippen LogP contribution < -0.4 is 10.6 Å². The summed E-state index contributed by atoms with van der Waals surface area (Å²) < 4.78 is 39.7. The van der Waals surface area contributed by atoms with Gasteiger partial charge in [0.15, 0.2) is 0 Å². The largest absolute Gasteiger partial charge is 0.416 e.